The average Bonchev–Trinajstić information content (AvgIpc) is 2.73. The monoisotopic (exact) mass is 326 g/mol. The van der Waals surface area contributed by atoms with Crippen molar-refractivity contribution in [2.45, 2.75) is 40.4 Å². The zero-order valence-electron chi connectivity index (χ0n) is 13.2. The highest BCUT2D eigenvalue weighted by Crippen LogP contribution is 2.30. The van der Waals surface area contributed by atoms with Crippen LogP contribution in [0.3, 0.4) is 0 Å². The Kier molecular flexibility index (Phi) is 4.44. The highest BCUT2D eigenvalue weighted by molar-refractivity contribution is 6.05. The third-order valence-electron chi connectivity index (χ3n) is 3.58. The van der Waals surface area contributed by atoms with Crippen molar-refractivity contribution in [2.75, 3.05) is 5.32 Å². The maximum absolute atomic E-state index is 12.8. The molecule has 124 valence electrons. The van der Waals surface area contributed by atoms with Crippen molar-refractivity contribution in [3.05, 3.63) is 40.5 Å². The van der Waals surface area contributed by atoms with Crippen molar-refractivity contribution in [1.29, 1.82) is 0 Å². The van der Waals surface area contributed by atoms with E-state index < -0.39 is 17.6 Å². The fraction of sp³-hybridized carbons (Fsp3) is 0.400. The summed E-state index contributed by atoms with van der Waals surface area (Å²) in [6.45, 7) is 7.55. The van der Waals surface area contributed by atoms with Crippen LogP contribution >= 0.6 is 0 Å². The van der Waals surface area contributed by atoms with Crippen LogP contribution in [-0.2, 0) is 12.7 Å². The van der Waals surface area contributed by atoms with Gasteiger partial charge in [-0.1, -0.05) is 0 Å². The minimum atomic E-state index is -4.55. The molecule has 0 saturated heterocycles. The van der Waals surface area contributed by atoms with Gasteiger partial charge in [0.25, 0.3) is 5.91 Å². The van der Waals surface area contributed by atoms with Crippen LogP contribution in [0, 0.1) is 20.8 Å². The molecule has 5 nitrogen and oxygen atoms in total. The number of rotatable bonds is 3. The molecule has 0 atom stereocenters. The smallest absolute Gasteiger partial charge is 0.319 e. The highest BCUT2D eigenvalue weighted by atomic mass is 19.4. The van der Waals surface area contributed by atoms with Gasteiger partial charge in [-0.25, -0.2) is 0 Å². The Hall–Kier alpha value is -2.38. The zero-order valence-corrected chi connectivity index (χ0v) is 13.2. The topological polar surface area (TPSA) is 59.8 Å². The standard InChI is InChI=1S/C15H17F3N4O/c1-5-22-10(4)13(9(3)21-22)20-14(23)12-6-11(15(16,17)18)7-19-8(12)2/h6-7H,5H2,1-4H3,(H,20,23). The van der Waals surface area contributed by atoms with Gasteiger partial charge in [-0.2, -0.15) is 18.3 Å². The molecule has 1 N–H and O–H groups in total. The van der Waals surface area contributed by atoms with E-state index in [-0.39, 0.29) is 11.3 Å². The SMILES string of the molecule is CCn1nc(C)c(NC(=O)c2cc(C(F)(F)F)cnc2C)c1C. The lowest BCUT2D eigenvalue weighted by Crippen LogP contribution is -2.17. The average molecular weight is 326 g/mol. The number of amides is 1. The molecule has 0 spiro atoms. The molecule has 0 aromatic carbocycles. The minimum Gasteiger partial charge on any atom is -0.319 e. The Morgan fingerprint density at radius 1 is 1.26 bits per heavy atom. The first-order valence-corrected chi connectivity index (χ1v) is 7.04. The van der Waals surface area contributed by atoms with Gasteiger partial charge < -0.3 is 5.32 Å². The van der Waals surface area contributed by atoms with Gasteiger partial charge in [0, 0.05) is 12.7 Å². The van der Waals surface area contributed by atoms with Crippen LogP contribution in [0.1, 0.15) is 39.9 Å². The molecule has 8 heteroatoms. The summed E-state index contributed by atoms with van der Waals surface area (Å²) >= 11 is 0. The van der Waals surface area contributed by atoms with Crippen molar-refractivity contribution in [1.82, 2.24) is 14.8 Å². The molecule has 0 radical (unpaired) electrons. The van der Waals surface area contributed by atoms with E-state index in [0.717, 1.165) is 18.0 Å². The lowest BCUT2D eigenvalue weighted by atomic mass is 10.1. The number of carbonyl (C=O) groups excluding carboxylic acids is 1. The van der Waals surface area contributed by atoms with Crippen LogP contribution in [0.2, 0.25) is 0 Å². The first-order chi connectivity index (χ1) is 10.6. The summed E-state index contributed by atoms with van der Waals surface area (Å²) in [5.74, 6) is -0.636. The Morgan fingerprint density at radius 2 is 1.91 bits per heavy atom. The largest absolute Gasteiger partial charge is 0.417 e. The van der Waals surface area contributed by atoms with E-state index in [4.69, 9.17) is 0 Å². The van der Waals surface area contributed by atoms with Crippen molar-refractivity contribution < 1.29 is 18.0 Å². The summed E-state index contributed by atoms with van der Waals surface area (Å²) in [5, 5.41) is 6.90. The predicted octanol–water partition coefficient (Wildman–Crippen LogP) is 3.49. The van der Waals surface area contributed by atoms with Gasteiger partial charge in [0.1, 0.15) is 0 Å². The summed E-state index contributed by atoms with van der Waals surface area (Å²) in [5.41, 5.74) is 1.03. The molecule has 23 heavy (non-hydrogen) atoms. The van der Waals surface area contributed by atoms with Crippen LogP contribution < -0.4 is 5.32 Å². The Balaban J connectivity index is 2.37. The Morgan fingerprint density at radius 3 is 2.43 bits per heavy atom. The lowest BCUT2D eigenvalue weighted by Gasteiger charge is -2.11. The van der Waals surface area contributed by atoms with Gasteiger partial charge in [0.15, 0.2) is 0 Å². The van der Waals surface area contributed by atoms with E-state index >= 15 is 0 Å². The van der Waals surface area contributed by atoms with Crippen LogP contribution in [0.4, 0.5) is 18.9 Å². The van der Waals surface area contributed by atoms with Crippen LogP contribution in [0.5, 0.6) is 0 Å². The van der Waals surface area contributed by atoms with E-state index in [1.807, 2.05) is 6.92 Å². The molecule has 2 heterocycles. The number of aryl methyl sites for hydroxylation is 3. The number of halogens is 3. The summed E-state index contributed by atoms with van der Waals surface area (Å²) in [6.07, 6.45) is -3.83. The van der Waals surface area contributed by atoms with Crippen LogP contribution in [0.25, 0.3) is 0 Å². The number of carbonyl (C=O) groups is 1. The van der Waals surface area contributed by atoms with E-state index in [1.165, 1.54) is 6.92 Å². The van der Waals surface area contributed by atoms with E-state index in [9.17, 15) is 18.0 Å². The fourth-order valence-corrected chi connectivity index (χ4v) is 2.28. The van der Waals surface area contributed by atoms with E-state index in [2.05, 4.69) is 15.4 Å². The third-order valence-corrected chi connectivity index (χ3v) is 3.58. The molecule has 2 aromatic heterocycles. The number of alkyl halides is 3. The number of pyridine rings is 1. The minimum absolute atomic E-state index is 0.108. The van der Waals surface area contributed by atoms with Crippen molar-refractivity contribution in [2.24, 2.45) is 0 Å². The van der Waals surface area contributed by atoms with Crippen LogP contribution in [0.15, 0.2) is 12.3 Å². The summed E-state index contributed by atoms with van der Waals surface area (Å²) in [6, 6.07) is 0.812. The first-order valence-electron chi connectivity index (χ1n) is 7.04. The van der Waals surface area contributed by atoms with E-state index in [1.54, 1.807) is 18.5 Å². The van der Waals surface area contributed by atoms with Gasteiger partial charge in [0.05, 0.1) is 33.9 Å². The van der Waals surface area contributed by atoms with Gasteiger partial charge in [-0.15, -0.1) is 0 Å². The maximum atomic E-state index is 12.8. The fourth-order valence-electron chi connectivity index (χ4n) is 2.28. The molecule has 0 fully saturated rings. The predicted molar refractivity (Wildman–Crippen MR) is 79.3 cm³/mol. The molecule has 0 saturated carbocycles. The third kappa shape index (κ3) is 3.35. The van der Waals surface area contributed by atoms with E-state index in [0.29, 0.717) is 17.9 Å². The molecule has 0 bridgehead atoms. The van der Waals surface area contributed by atoms with Crippen LogP contribution in [-0.4, -0.2) is 20.7 Å². The molecular formula is C15H17F3N4O. The normalized spacial score (nSPS) is 11.6. The van der Waals surface area contributed by atoms with Gasteiger partial charge in [-0.3, -0.25) is 14.5 Å². The second kappa shape index (κ2) is 6.02. The van der Waals surface area contributed by atoms with Crippen molar-refractivity contribution >= 4 is 11.6 Å². The number of hydrogen-bond acceptors (Lipinski definition) is 3. The second-order valence-electron chi connectivity index (χ2n) is 5.17. The maximum Gasteiger partial charge on any atom is 0.417 e. The Labute approximate surface area is 131 Å². The molecule has 0 aliphatic carbocycles. The highest BCUT2D eigenvalue weighted by Gasteiger charge is 2.32. The molecule has 0 aliphatic rings. The molecular weight excluding hydrogens is 309 g/mol. The summed E-state index contributed by atoms with van der Waals surface area (Å²) in [7, 11) is 0. The van der Waals surface area contributed by atoms with Gasteiger partial charge >= 0.3 is 6.18 Å². The summed E-state index contributed by atoms with van der Waals surface area (Å²) in [4.78, 5) is 16.0. The molecule has 2 rings (SSSR count). The number of anilines is 1. The Bertz CT molecular complexity index is 750. The molecule has 0 aliphatic heterocycles. The number of hydrogen-bond donors (Lipinski definition) is 1. The number of nitrogens with zero attached hydrogens (tertiary/aromatic N) is 3. The molecule has 0 unspecified atom stereocenters. The number of aromatic nitrogens is 3. The first kappa shape index (κ1) is 17.0. The van der Waals surface area contributed by atoms with Crippen molar-refractivity contribution in [3.63, 3.8) is 0 Å². The lowest BCUT2D eigenvalue weighted by molar-refractivity contribution is -0.137. The zero-order chi connectivity index (χ0) is 17.4. The number of nitrogens with one attached hydrogen (secondary N) is 1. The quantitative estimate of drug-likeness (QED) is 0.939. The second-order valence-corrected chi connectivity index (χ2v) is 5.17. The molecule has 2 aromatic rings. The summed E-state index contributed by atoms with van der Waals surface area (Å²) < 4.78 is 40.1. The molecule has 1 amide bonds. The van der Waals surface area contributed by atoms with Crippen molar-refractivity contribution in [3.8, 4) is 0 Å². The van der Waals surface area contributed by atoms with Gasteiger partial charge in [-0.05, 0) is 33.8 Å². The van der Waals surface area contributed by atoms with Gasteiger partial charge in [0.2, 0.25) is 0 Å².